The van der Waals surface area contributed by atoms with Gasteiger partial charge in [-0.15, -0.1) is 11.8 Å². The number of pyridine rings is 2. The molecule has 0 atom stereocenters. The lowest BCUT2D eigenvalue weighted by Crippen LogP contribution is -2.40. The predicted molar refractivity (Wildman–Crippen MR) is 98.7 cm³/mol. The quantitative estimate of drug-likeness (QED) is 0.803. The molecule has 2 aromatic rings. The summed E-state index contributed by atoms with van der Waals surface area (Å²) in [6, 6.07) is 7.95. The number of carbonyl (C=O) groups excluding carboxylic acids is 1. The van der Waals surface area contributed by atoms with Crippen molar-refractivity contribution in [1.29, 1.82) is 0 Å². The normalized spacial score (nSPS) is 20.0. The second kappa shape index (κ2) is 8.85. The van der Waals surface area contributed by atoms with Gasteiger partial charge in [-0.3, -0.25) is 14.8 Å². The maximum Gasteiger partial charge on any atom is 0.230 e. The molecule has 132 valence electrons. The van der Waals surface area contributed by atoms with E-state index >= 15 is 0 Å². The first-order valence-corrected chi connectivity index (χ1v) is 9.60. The molecule has 6 heteroatoms. The fourth-order valence-electron chi connectivity index (χ4n) is 2.95. The van der Waals surface area contributed by atoms with E-state index in [9.17, 15) is 4.79 Å². The molecule has 25 heavy (non-hydrogen) atoms. The molecule has 1 saturated carbocycles. The van der Waals surface area contributed by atoms with Crippen LogP contribution in [0.5, 0.6) is 5.75 Å². The molecule has 1 aliphatic rings. The molecular formula is C19H23N3O2S. The summed E-state index contributed by atoms with van der Waals surface area (Å²) in [6.07, 6.45) is 9.29. The second-order valence-corrected chi connectivity index (χ2v) is 7.27. The Bertz CT molecular complexity index is 688. The molecule has 1 N–H and O–H groups in total. The minimum atomic E-state index is 0.0919. The van der Waals surface area contributed by atoms with Gasteiger partial charge in [-0.2, -0.15) is 0 Å². The molecule has 0 aliphatic heterocycles. The van der Waals surface area contributed by atoms with Crippen LogP contribution in [-0.2, 0) is 4.79 Å². The van der Waals surface area contributed by atoms with Gasteiger partial charge in [-0.25, -0.2) is 0 Å². The summed E-state index contributed by atoms with van der Waals surface area (Å²) in [5.41, 5.74) is 0.922. The molecular weight excluding hydrogens is 334 g/mol. The third-order valence-corrected chi connectivity index (χ3v) is 5.32. The number of carbonyl (C=O) groups is 1. The average molecular weight is 357 g/mol. The molecule has 1 aliphatic carbocycles. The standard InChI is InChI=1S/C19H23N3O2S/c1-14-18(3-2-10-21-14)24-16-6-4-15(5-7-16)22-19(23)13-25-17-8-11-20-12-9-17/h2-3,8-12,15-16H,4-7,13H2,1H3,(H,22,23). The topological polar surface area (TPSA) is 64.1 Å². The van der Waals surface area contributed by atoms with Crippen LogP contribution in [0.15, 0.2) is 47.8 Å². The van der Waals surface area contributed by atoms with Crippen molar-refractivity contribution in [3.05, 3.63) is 48.5 Å². The number of hydrogen-bond acceptors (Lipinski definition) is 5. The van der Waals surface area contributed by atoms with E-state index in [1.807, 2.05) is 31.2 Å². The first-order valence-electron chi connectivity index (χ1n) is 8.61. The van der Waals surface area contributed by atoms with E-state index in [1.54, 1.807) is 18.6 Å². The van der Waals surface area contributed by atoms with Crippen LogP contribution in [-0.4, -0.2) is 33.8 Å². The number of rotatable bonds is 6. The van der Waals surface area contributed by atoms with Crippen molar-refractivity contribution in [1.82, 2.24) is 15.3 Å². The molecule has 2 heterocycles. The van der Waals surface area contributed by atoms with E-state index in [-0.39, 0.29) is 18.1 Å². The highest BCUT2D eigenvalue weighted by atomic mass is 32.2. The van der Waals surface area contributed by atoms with Crippen LogP contribution in [0.3, 0.4) is 0 Å². The van der Waals surface area contributed by atoms with Crippen LogP contribution < -0.4 is 10.1 Å². The molecule has 0 unspecified atom stereocenters. The third kappa shape index (κ3) is 5.46. The molecule has 5 nitrogen and oxygen atoms in total. The summed E-state index contributed by atoms with van der Waals surface area (Å²) < 4.78 is 6.06. The van der Waals surface area contributed by atoms with Gasteiger partial charge >= 0.3 is 0 Å². The van der Waals surface area contributed by atoms with Gasteiger partial charge < -0.3 is 10.1 Å². The zero-order chi connectivity index (χ0) is 17.5. The number of amides is 1. The Morgan fingerprint density at radius 3 is 2.68 bits per heavy atom. The maximum absolute atomic E-state index is 12.1. The summed E-state index contributed by atoms with van der Waals surface area (Å²) >= 11 is 1.54. The van der Waals surface area contributed by atoms with Gasteiger partial charge in [0.05, 0.1) is 17.6 Å². The number of aryl methyl sites for hydroxylation is 1. The van der Waals surface area contributed by atoms with E-state index in [0.717, 1.165) is 42.0 Å². The van der Waals surface area contributed by atoms with E-state index in [0.29, 0.717) is 5.75 Å². The highest BCUT2D eigenvalue weighted by Crippen LogP contribution is 2.25. The van der Waals surface area contributed by atoms with Crippen molar-refractivity contribution in [2.75, 3.05) is 5.75 Å². The third-order valence-electron chi connectivity index (χ3n) is 4.31. The Morgan fingerprint density at radius 2 is 1.96 bits per heavy atom. The van der Waals surface area contributed by atoms with Gasteiger partial charge in [-0.05, 0) is 56.9 Å². The predicted octanol–water partition coefficient (Wildman–Crippen LogP) is 3.38. The maximum atomic E-state index is 12.1. The Morgan fingerprint density at radius 1 is 1.20 bits per heavy atom. The Hall–Kier alpha value is -2.08. The van der Waals surface area contributed by atoms with Crippen molar-refractivity contribution in [2.45, 2.75) is 49.6 Å². The minimum absolute atomic E-state index is 0.0919. The summed E-state index contributed by atoms with van der Waals surface area (Å²) in [4.78, 5) is 21.4. The molecule has 3 rings (SSSR count). The van der Waals surface area contributed by atoms with Gasteiger partial charge in [0.15, 0.2) is 0 Å². The SMILES string of the molecule is Cc1ncccc1OC1CCC(NC(=O)CSc2ccncc2)CC1. The highest BCUT2D eigenvalue weighted by Gasteiger charge is 2.24. The van der Waals surface area contributed by atoms with E-state index in [4.69, 9.17) is 4.74 Å². The van der Waals surface area contributed by atoms with Crippen molar-refractivity contribution in [2.24, 2.45) is 0 Å². The summed E-state index contributed by atoms with van der Waals surface area (Å²) in [6.45, 7) is 1.96. The van der Waals surface area contributed by atoms with Crippen molar-refractivity contribution >= 4 is 17.7 Å². The van der Waals surface area contributed by atoms with Crippen LogP contribution in [0.2, 0.25) is 0 Å². The minimum Gasteiger partial charge on any atom is -0.489 e. The van der Waals surface area contributed by atoms with E-state index in [1.165, 1.54) is 11.8 Å². The van der Waals surface area contributed by atoms with E-state index < -0.39 is 0 Å². The fraction of sp³-hybridized carbons (Fsp3) is 0.421. The van der Waals surface area contributed by atoms with Crippen LogP contribution in [0.1, 0.15) is 31.4 Å². The molecule has 0 aromatic carbocycles. The van der Waals surface area contributed by atoms with Crippen molar-refractivity contribution in [3.63, 3.8) is 0 Å². The van der Waals surface area contributed by atoms with Gasteiger partial charge in [0, 0.05) is 29.5 Å². The molecule has 0 bridgehead atoms. The summed E-state index contributed by atoms with van der Waals surface area (Å²) in [7, 11) is 0. The van der Waals surface area contributed by atoms with E-state index in [2.05, 4.69) is 15.3 Å². The first kappa shape index (κ1) is 17.7. The van der Waals surface area contributed by atoms with Crippen LogP contribution >= 0.6 is 11.8 Å². The summed E-state index contributed by atoms with van der Waals surface area (Å²) in [5.74, 6) is 1.40. The first-order chi connectivity index (χ1) is 12.2. The van der Waals surface area contributed by atoms with Gasteiger partial charge in [0.25, 0.3) is 0 Å². The molecule has 0 radical (unpaired) electrons. The fourth-order valence-corrected chi connectivity index (χ4v) is 3.65. The number of aromatic nitrogens is 2. The lowest BCUT2D eigenvalue weighted by Gasteiger charge is -2.29. The average Bonchev–Trinajstić information content (AvgIpc) is 2.64. The monoisotopic (exact) mass is 357 g/mol. The van der Waals surface area contributed by atoms with Gasteiger partial charge in [0.1, 0.15) is 5.75 Å². The highest BCUT2D eigenvalue weighted by molar-refractivity contribution is 8.00. The smallest absolute Gasteiger partial charge is 0.230 e. The zero-order valence-corrected chi connectivity index (χ0v) is 15.2. The number of hydrogen-bond donors (Lipinski definition) is 1. The Balaban J connectivity index is 1.39. The van der Waals surface area contributed by atoms with Crippen molar-refractivity contribution in [3.8, 4) is 5.75 Å². The van der Waals surface area contributed by atoms with Crippen LogP contribution in [0.4, 0.5) is 0 Å². The lowest BCUT2D eigenvalue weighted by molar-refractivity contribution is -0.119. The van der Waals surface area contributed by atoms with Gasteiger partial charge in [0.2, 0.25) is 5.91 Å². The number of nitrogens with one attached hydrogen (secondary N) is 1. The second-order valence-electron chi connectivity index (χ2n) is 6.22. The van der Waals surface area contributed by atoms with Gasteiger partial charge in [-0.1, -0.05) is 0 Å². The number of ether oxygens (including phenoxy) is 1. The largest absolute Gasteiger partial charge is 0.489 e. The summed E-state index contributed by atoms with van der Waals surface area (Å²) in [5, 5.41) is 3.14. The number of nitrogens with zero attached hydrogens (tertiary/aromatic N) is 2. The Kier molecular flexibility index (Phi) is 6.28. The molecule has 0 spiro atoms. The van der Waals surface area contributed by atoms with Crippen molar-refractivity contribution < 1.29 is 9.53 Å². The molecule has 1 amide bonds. The number of thioether (sulfide) groups is 1. The molecule has 1 fully saturated rings. The van der Waals surface area contributed by atoms with Crippen LogP contribution in [0.25, 0.3) is 0 Å². The molecule has 0 saturated heterocycles. The Labute approximate surface area is 152 Å². The van der Waals surface area contributed by atoms with Crippen LogP contribution in [0, 0.1) is 6.92 Å². The lowest BCUT2D eigenvalue weighted by atomic mass is 9.93. The molecule has 2 aromatic heterocycles. The zero-order valence-electron chi connectivity index (χ0n) is 14.4.